The largest absolute Gasteiger partial charge is 0.399 e. The summed E-state index contributed by atoms with van der Waals surface area (Å²) in [7, 11) is -3.61. The van der Waals surface area contributed by atoms with Gasteiger partial charge in [-0.1, -0.05) is 13.0 Å². The summed E-state index contributed by atoms with van der Waals surface area (Å²) in [5, 5.41) is 1.94. The highest BCUT2D eigenvalue weighted by atomic mass is 79.9. The second kappa shape index (κ2) is 6.78. The Morgan fingerprint density at radius 2 is 1.90 bits per heavy atom. The normalized spacial score (nSPS) is 12.0. The van der Waals surface area contributed by atoms with Gasteiger partial charge in [-0.15, -0.1) is 11.3 Å². The van der Waals surface area contributed by atoms with Crippen molar-refractivity contribution in [1.29, 1.82) is 0 Å². The van der Waals surface area contributed by atoms with Gasteiger partial charge in [-0.05, 0) is 55.4 Å². The van der Waals surface area contributed by atoms with Crippen molar-refractivity contribution in [2.24, 2.45) is 0 Å². The molecule has 0 spiro atoms. The van der Waals surface area contributed by atoms with E-state index in [-0.39, 0.29) is 4.90 Å². The molecular formula is C13H14Br2N2O2S2. The lowest BCUT2D eigenvalue weighted by Crippen LogP contribution is -2.30. The third-order valence-electron chi connectivity index (χ3n) is 2.88. The molecule has 1 aromatic carbocycles. The van der Waals surface area contributed by atoms with Gasteiger partial charge in [0.15, 0.2) is 0 Å². The lowest BCUT2D eigenvalue weighted by molar-refractivity contribution is 0.426. The van der Waals surface area contributed by atoms with E-state index in [1.54, 1.807) is 12.1 Å². The highest BCUT2D eigenvalue weighted by molar-refractivity contribution is 9.11. The summed E-state index contributed by atoms with van der Waals surface area (Å²) in [4.78, 5) is 1.21. The summed E-state index contributed by atoms with van der Waals surface area (Å²) in [6.07, 6.45) is 0. The van der Waals surface area contributed by atoms with Crippen molar-refractivity contribution in [1.82, 2.24) is 4.31 Å². The Bertz CT molecular complexity index is 708. The van der Waals surface area contributed by atoms with Crippen molar-refractivity contribution in [2.75, 3.05) is 12.3 Å². The van der Waals surface area contributed by atoms with Crippen LogP contribution >= 0.6 is 43.2 Å². The van der Waals surface area contributed by atoms with Gasteiger partial charge in [-0.25, -0.2) is 8.42 Å². The van der Waals surface area contributed by atoms with Crippen molar-refractivity contribution >= 4 is 58.9 Å². The first kappa shape index (κ1) is 17.0. The Hall–Kier alpha value is -0.410. The Morgan fingerprint density at radius 3 is 2.38 bits per heavy atom. The fourth-order valence-electron chi connectivity index (χ4n) is 1.90. The maximum atomic E-state index is 12.9. The number of hydrogen-bond acceptors (Lipinski definition) is 4. The summed E-state index contributed by atoms with van der Waals surface area (Å²) in [6, 6.07) is 7.03. The Labute approximate surface area is 145 Å². The third-order valence-corrected chi connectivity index (χ3v) is 7.54. The van der Waals surface area contributed by atoms with Crippen LogP contribution in [0.5, 0.6) is 0 Å². The molecule has 4 nitrogen and oxygen atoms in total. The second-order valence-corrected chi connectivity index (χ2v) is 8.94. The topological polar surface area (TPSA) is 63.4 Å². The number of hydrogen-bond donors (Lipinski definition) is 1. The van der Waals surface area contributed by atoms with E-state index in [1.165, 1.54) is 15.6 Å². The number of nitrogen functional groups attached to an aromatic ring is 1. The number of nitrogens with two attached hydrogens (primary N) is 1. The number of anilines is 1. The van der Waals surface area contributed by atoms with Gasteiger partial charge < -0.3 is 5.73 Å². The molecule has 2 rings (SSSR count). The van der Waals surface area contributed by atoms with Crippen LogP contribution in [-0.2, 0) is 16.6 Å². The Morgan fingerprint density at radius 1 is 1.29 bits per heavy atom. The predicted molar refractivity (Wildman–Crippen MR) is 93.8 cm³/mol. The first-order chi connectivity index (χ1) is 9.86. The molecule has 114 valence electrons. The molecule has 0 saturated heterocycles. The second-order valence-electron chi connectivity index (χ2n) is 4.32. The van der Waals surface area contributed by atoms with E-state index >= 15 is 0 Å². The summed E-state index contributed by atoms with van der Waals surface area (Å²) >= 11 is 8.13. The van der Waals surface area contributed by atoms with E-state index in [4.69, 9.17) is 5.73 Å². The molecule has 1 aromatic heterocycles. The molecule has 0 aliphatic heterocycles. The van der Waals surface area contributed by atoms with Gasteiger partial charge in [0.2, 0.25) is 10.0 Å². The number of benzene rings is 1. The zero-order valence-corrected chi connectivity index (χ0v) is 16.0. The SMILES string of the molecule is CCN(Cc1cccs1)S(=O)(=O)c1c(Br)cc(N)cc1Br. The molecule has 2 N–H and O–H groups in total. The molecule has 21 heavy (non-hydrogen) atoms. The summed E-state index contributed by atoms with van der Waals surface area (Å²) < 4.78 is 28.1. The van der Waals surface area contributed by atoms with E-state index in [0.717, 1.165) is 4.88 Å². The van der Waals surface area contributed by atoms with Gasteiger partial charge in [0.25, 0.3) is 0 Å². The van der Waals surface area contributed by atoms with Gasteiger partial charge in [0.05, 0.1) is 0 Å². The average molecular weight is 454 g/mol. The van der Waals surface area contributed by atoms with Crippen LogP contribution in [0.25, 0.3) is 0 Å². The molecule has 0 aliphatic carbocycles. The minimum Gasteiger partial charge on any atom is -0.399 e. The predicted octanol–water partition coefficient (Wildman–Crippen LogP) is 4.07. The number of nitrogens with zero attached hydrogens (tertiary/aromatic N) is 1. The first-order valence-corrected chi connectivity index (χ1v) is 10.0. The number of thiophene rings is 1. The van der Waals surface area contributed by atoms with Crippen LogP contribution in [-0.4, -0.2) is 19.3 Å². The van der Waals surface area contributed by atoms with Crippen LogP contribution in [0, 0.1) is 0 Å². The average Bonchev–Trinajstić information content (AvgIpc) is 2.86. The quantitative estimate of drug-likeness (QED) is 0.694. The highest BCUT2D eigenvalue weighted by Gasteiger charge is 2.28. The van der Waals surface area contributed by atoms with Gasteiger partial charge in [0, 0.05) is 32.6 Å². The van der Waals surface area contributed by atoms with Crippen LogP contribution in [0.1, 0.15) is 11.8 Å². The molecule has 8 heteroatoms. The van der Waals surface area contributed by atoms with Gasteiger partial charge in [0.1, 0.15) is 4.90 Å². The van der Waals surface area contributed by atoms with E-state index in [0.29, 0.717) is 27.7 Å². The standard InChI is InChI=1S/C13H14Br2N2O2S2/c1-2-17(8-10-4-3-5-20-10)21(18,19)13-11(14)6-9(16)7-12(13)15/h3-7H,2,8,16H2,1H3. The lowest BCUT2D eigenvalue weighted by Gasteiger charge is -2.21. The van der Waals surface area contributed by atoms with Crippen molar-refractivity contribution in [3.8, 4) is 0 Å². The minimum atomic E-state index is -3.61. The lowest BCUT2D eigenvalue weighted by atomic mass is 10.3. The maximum absolute atomic E-state index is 12.9. The molecule has 1 heterocycles. The van der Waals surface area contributed by atoms with Gasteiger partial charge >= 0.3 is 0 Å². The van der Waals surface area contributed by atoms with Crippen LogP contribution < -0.4 is 5.73 Å². The Balaban J connectivity index is 2.45. The minimum absolute atomic E-state index is 0.204. The molecule has 0 aliphatic rings. The van der Waals surface area contributed by atoms with Crippen molar-refractivity contribution < 1.29 is 8.42 Å². The van der Waals surface area contributed by atoms with Crippen LogP contribution in [0.3, 0.4) is 0 Å². The van der Waals surface area contributed by atoms with Crippen LogP contribution in [0.4, 0.5) is 5.69 Å². The van der Waals surface area contributed by atoms with E-state index < -0.39 is 10.0 Å². The van der Waals surface area contributed by atoms with Crippen LogP contribution in [0.15, 0.2) is 43.5 Å². The molecular weight excluding hydrogens is 440 g/mol. The zero-order chi connectivity index (χ0) is 15.6. The fraction of sp³-hybridized carbons (Fsp3) is 0.231. The number of rotatable bonds is 5. The van der Waals surface area contributed by atoms with E-state index in [1.807, 2.05) is 24.4 Å². The van der Waals surface area contributed by atoms with Crippen LogP contribution in [0.2, 0.25) is 0 Å². The van der Waals surface area contributed by atoms with Crippen molar-refractivity contribution in [3.05, 3.63) is 43.5 Å². The molecule has 0 unspecified atom stereocenters. The van der Waals surface area contributed by atoms with E-state index in [2.05, 4.69) is 31.9 Å². The number of sulfonamides is 1. The molecule has 0 atom stereocenters. The molecule has 0 bridgehead atoms. The molecule has 0 saturated carbocycles. The summed E-state index contributed by atoms with van der Waals surface area (Å²) in [5.41, 5.74) is 6.22. The van der Waals surface area contributed by atoms with Crippen molar-refractivity contribution in [2.45, 2.75) is 18.4 Å². The third kappa shape index (κ3) is 3.68. The van der Waals surface area contributed by atoms with Crippen molar-refractivity contribution in [3.63, 3.8) is 0 Å². The monoisotopic (exact) mass is 452 g/mol. The molecule has 0 amide bonds. The van der Waals surface area contributed by atoms with Gasteiger partial charge in [-0.2, -0.15) is 4.31 Å². The summed E-state index contributed by atoms with van der Waals surface area (Å²) in [6.45, 7) is 2.58. The molecule has 0 fully saturated rings. The van der Waals surface area contributed by atoms with Gasteiger partial charge in [-0.3, -0.25) is 0 Å². The molecule has 0 radical (unpaired) electrons. The zero-order valence-electron chi connectivity index (χ0n) is 11.2. The highest BCUT2D eigenvalue weighted by Crippen LogP contribution is 2.35. The maximum Gasteiger partial charge on any atom is 0.245 e. The first-order valence-electron chi connectivity index (χ1n) is 6.13. The van der Waals surface area contributed by atoms with E-state index in [9.17, 15) is 8.42 Å². The Kier molecular flexibility index (Phi) is 5.48. The molecule has 2 aromatic rings. The number of halogens is 2. The fourth-order valence-corrected chi connectivity index (χ4v) is 6.67. The smallest absolute Gasteiger partial charge is 0.245 e. The summed E-state index contributed by atoms with van der Waals surface area (Å²) in [5.74, 6) is 0.